The van der Waals surface area contributed by atoms with Gasteiger partial charge in [-0.05, 0) is 37.4 Å². The number of nitrogens with one attached hydrogen (secondary N) is 1. The van der Waals surface area contributed by atoms with Crippen LogP contribution in [0.3, 0.4) is 0 Å². The number of rotatable bonds is 6. The lowest BCUT2D eigenvalue weighted by Gasteiger charge is -2.08. The van der Waals surface area contributed by atoms with Crippen molar-refractivity contribution < 1.29 is 14.3 Å². The third kappa shape index (κ3) is 4.18. The van der Waals surface area contributed by atoms with E-state index in [-0.39, 0.29) is 18.6 Å². The minimum atomic E-state index is -0.575. The summed E-state index contributed by atoms with van der Waals surface area (Å²) < 4.78 is 6.82. The molecule has 0 aliphatic carbocycles. The molecular formula is C19H19N3O3S. The maximum atomic E-state index is 12.5. The molecule has 0 atom stereocenters. The number of thiophene rings is 1. The number of carbonyl (C=O) groups excluding carboxylic acids is 2. The molecule has 1 aromatic carbocycles. The van der Waals surface area contributed by atoms with Crippen molar-refractivity contribution in [1.82, 2.24) is 15.1 Å². The van der Waals surface area contributed by atoms with Crippen LogP contribution in [0.4, 0.5) is 0 Å². The SMILES string of the molecule is CC(C)NC(=O)COC(=O)c1cn(-c2ccccc2)nc1-c1cccs1. The zero-order chi connectivity index (χ0) is 18.5. The molecule has 0 unspecified atom stereocenters. The van der Waals surface area contributed by atoms with Gasteiger partial charge in [-0.2, -0.15) is 5.10 Å². The number of hydrogen-bond donors (Lipinski definition) is 1. The van der Waals surface area contributed by atoms with Gasteiger partial charge in [0.05, 0.1) is 10.6 Å². The topological polar surface area (TPSA) is 73.2 Å². The second kappa shape index (κ2) is 7.97. The molecule has 7 heteroatoms. The maximum Gasteiger partial charge on any atom is 0.342 e. The van der Waals surface area contributed by atoms with E-state index in [1.165, 1.54) is 11.3 Å². The van der Waals surface area contributed by atoms with E-state index in [9.17, 15) is 9.59 Å². The smallest absolute Gasteiger partial charge is 0.342 e. The van der Waals surface area contributed by atoms with Crippen LogP contribution >= 0.6 is 11.3 Å². The highest BCUT2D eigenvalue weighted by Crippen LogP contribution is 2.28. The highest BCUT2D eigenvalue weighted by atomic mass is 32.1. The first kappa shape index (κ1) is 17.9. The summed E-state index contributed by atoms with van der Waals surface area (Å²) in [4.78, 5) is 25.1. The number of ether oxygens (including phenoxy) is 1. The Labute approximate surface area is 155 Å². The van der Waals surface area contributed by atoms with Crippen LogP contribution in [0.5, 0.6) is 0 Å². The van der Waals surface area contributed by atoms with Crippen molar-refractivity contribution in [2.24, 2.45) is 0 Å². The second-order valence-corrected chi connectivity index (χ2v) is 6.89. The Morgan fingerprint density at radius 1 is 1.19 bits per heavy atom. The molecular weight excluding hydrogens is 350 g/mol. The lowest BCUT2D eigenvalue weighted by Crippen LogP contribution is -2.34. The van der Waals surface area contributed by atoms with Crippen LogP contribution in [0.2, 0.25) is 0 Å². The van der Waals surface area contributed by atoms with Gasteiger partial charge in [-0.15, -0.1) is 11.3 Å². The first-order chi connectivity index (χ1) is 12.5. The molecule has 2 aromatic heterocycles. The fourth-order valence-electron chi connectivity index (χ4n) is 2.40. The number of aromatic nitrogens is 2. The van der Waals surface area contributed by atoms with E-state index in [1.54, 1.807) is 10.9 Å². The summed E-state index contributed by atoms with van der Waals surface area (Å²) >= 11 is 1.49. The zero-order valence-corrected chi connectivity index (χ0v) is 15.3. The largest absolute Gasteiger partial charge is 0.452 e. The van der Waals surface area contributed by atoms with Gasteiger partial charge in [0.2, 0.25) is 0 Å². The third-order valence-electron chi connectivity index (χ3n) is 3.49. The van der Waals surface area contributed by atoms with E-state index in [0.29, 0.717) is 11.3 Å². The second-order valence-electron chi connectivity index (χ2n) is 5.95. The molecule has 0 aliphatic rings. The lowest BCUT2D eigenvalue weighted by molar-refractivity contribution is -0.124. The average molecular weight is 369 g/mol. The van der Waals surface area contributed by atoms with Gasteiger partial charge in [-0.3, -0.25) is 4.79 Å². The Kier molecular flexibility index (Phi) is 5.48. The summed E-state index contributed by atoms with van der Waals surface area (Å²) in [5.74, 6) is -0.907. The molecule has 0 spiro atoms. The number of esters is 1. The van der Waals surface area contributed by atoms with Crippen molar-refractivity contribution in [1.29, 1.82) is 0 Å². The van der Waals surface area contributed by atoms with Crippen LogP contribution in [-0.2, 0) is 9.53 Å². The quantitative estimate of drug-likeness (QED) is 0.677. The highest BCUT2D eigenvalue weighted by Gasteiger charge is 2.21. The summed E-state index contributed by atoms with van der Waals surface area (Å²) in [7, 11) is 0. The number of para-hydroxylation sites is 1. The van der Waals surface area contributed by atoms with Crippen molar-refractivity contribution in [2.75, 3.05) is 6.61 Å². The molecule has 134 valence electrons. The zero-order valence-electron chi connectivity index (χ0n) is 14.5. The molecule has 2 heterocycles. The molecule has 26 heavy (non-hydrogen) atoms. The van der Waals surface area contributed by atoms with Crippen LogP contribution in [0.1, 0.15) is 24.2 Å². The number of carbonyl (C=O) groups is 2. The maximum absolute atomic E-state index is 12.5. The summed E-state index contributed by atoms with van der Waals surface area (Å²) in [5, 5.41) is 9.15. The fraction of sp³-hybridized carbons (Fsp3) is 0.211. The molecule has 1 N–H and O–H groups in total. The monoisotopic (exact) mass is 369 g/mol. The van der Waals surface area contributed by atoms with E-state index in [2.05, 4.69) is 10.4 Å². The van der Waals surface area contributed by atoms with Crippen LogP contribution < -0.4 is 5.32 Å². The average Bonchev–Trinajstić information content (AvgIpc) is 3.29. The van der Waals surface area contributed by atoms with Crippen molar-refractivity contribution in [3.63, 3.8) is 0 Å². The predicted molar refractivity (Wildman–Crippen MR) is 100 cm³/mol. The summed E-state index contributed by atoms with van der Waals surface area (Å²) in [6, 6.07) is 13.3. The summed E-state index contributed by atoms with van der Waals surface area (Å²) in [6.45, 7) is 3.37. The Balaban J connectivity index is 1.86. The normalized spacial score (nSPS) is 10.7. The summed E-state index contributed by atoms with van der Waals surface area (Å²) in [6.07, 6.45) is 1.63. The molecule has 6 nitrogen and oxygen atoms in total. The van der Waals surface area contributed by atoms with Gasteiger partial charge in [-0.1, -0.05) is 24.3 Å². The Morgan fingerprint density at radius 2 is 1.96 bits per heavy atom. The number of benzene rings is 1. The van der Waals surface area contributed by atoms with Crippen LogP contribution in [0.15, 0.2) is 54.0 Å². The van der Waals surface area contributed by atoms with E-state index in [4.69, 9.17) is 4.74 Å². The predicted octanol–water partition coefficient (Wildman–Crippen LogP) is 3.28. The van der Waals surface area contributed by atoms with Gasteiger partial charge < -0.3 is 10.1 Å². The van der Waals surface area contributed by atoms with Gasteiger partial charge >= 0.3 is 5.97 Å². The number of hydrogen-bond acceptors (Lipinski definition) is 5. The van der Waals surface area contributed by atoms with Crippen LogP contribution in [-0.4, -0.2) is 34.3 Å². The first-order valence-corrected chi connectivity index (χ1v) is 9.08. The van der Waals surface area contributed by atoms with Gasteiger partial charge in [0.15, 0.2) is 6.61 Å². The van der Waals surface area contributed by atoms with Crippen molar-refractivity contribution in [2.45, 2.75) is 19.9 Å². The van der Waals surface area contributed by atoms with E-state index in [1.807, 2.05) is 61.7 Å². The summed E-state index contributed by atoms with van der Waals surface area (Å²) in [5.41, 5.74) is 1.70. The minimum Gasteiger partial charge on any atom is -0.452 e. The lowest BCUT2D eigenvalue weighted by atomic mass is 10.2. The van der Waals surface area contributed by atoms with Crippen molar-refractivity contribution >= 4 is 23.2 Å². The molecule has 0 saturated carbocycles. The number of nitrogens with zero attached hydrogens (tertiary/aromatic N) is 2. The van der Waals surface area contributed by atoms with Crippen LogP contribution in [0, 0.1) is 0 Å². The molecule has 0 saturated heterocycles. The molecule has 0 aliphatic heterocycles. The Hall–Kier alpha value is -2.93. The minimum absolute atomic E-state index is 0.0105. The first-order valence-electron chi connectivity index (χ1n) is 8.20. The fourth-order valence-corrected chi connectivity index (χ4v) is 3.13. The van der Waals surface area contributed by atoms with Gasteiger partial charge in [0, 0.05) is 12.2 Å². The van der Waals surface area contributed by atoms with Crippen molar-refractivity contribution in [3.8, 4) is 16.3 Å². The Morgan fingerprint density at radius 3 is 2.62 bits per heavy atom. The van der Waals surface area contributed by atoms with E-state index >= 15 is 0 Å². The molecule has 0 fully saturated rings. The van der Waals surface area contributed by atoms with E-state index < -0.39 is 5.97 Å². The Bertz CT molecular complexity index is 886. The molecule has 0 radical (unpaired) electrons. The van der Waals surface area contributed by atoms with Crippen LogP contribution in [0.25, 0.3) is 16.3 Å². The van der Waals surface area contributed by atoms with Gasteiger partial charge in [-0.25, -0.2) is 9.48 Å². The molecule has 1 amide bonds. The van der Waals surface area contributed by atoms with Crippen molar-refractivity contribution in [3.05, 3.63) is 59.6 Å². The van der Waals surface area contributed by atoms with E-state index in [0.717, 1.165) is 10.6 Å². The van der Waals surface area contributed by atoms with Gasteiger partial charge in [0.1, 0.15) is 11.3 Å². The van der Waals surface area contributed by atoms with Gasteiger partial charge in [0.25, 0.3) is 5.91 Å². The third-order valence-corrected chi connectivity index (χ3v) is 4.37. The molecule has 3 rings (SSSR count). The molecule has 3 aromatic rings. The number of amides is 1. The molecule has 0 bridgehead atoms. The standard InChI is InChI=1S/C19H19N3O3S/c1-13(2)20-17(23)12-25-19(24)15-11-22(14-7-4-3-5-8-14)21-18(15)16-9-6-10-26-16/h3-11,13H,12H2,1-2H3,(H,20,23). The highest BCUT2D eigenvalue weighted by molar-refractivity contribution is 7.13.